The highest BCUT2D eigenvalue weighted by atomic mass is 32.1. The Kier molecular flexibility index (Phi) is 4.75. The number of thiazole rings is 1. The van der Waals surface area contributed by atoms with Crippen LogP contribution in [0.4, 0.5) is 5.13 Å². The minimum atomic E-state index is -0.471. The second kappa shape index (κ2) is 7.51. The topological polar surface area (TPSA) is 81.6 Å². The molecule has 2 N–H and O–H groups in total. The number of hydrogen-bond acceptors (Lipinski definition) is 4. The van der Waals surface area contributed by atoms with Crippen molar-refractivity contribution in [1.29, 1.82) is 5.26 Å². The Morgan fingerprint density at radius 1 is 1.18 bits per heavy atom. The number of amides is 1. The summed E-state index contributed by atoms with van der Waals surface area (Å²) in [4.78, 5) is 20.3. The Labute approximate surface area is 166 Å². The Bertz CT molecular complexity index is 1230. The van der Waals surface area contributed by atoms with E-state index in [4.69, 9.17) is 0 Å². The first-order valence-electron chi connectivity index (χ1n) is 8.67. The highest BCUT2D eigenvalue weighted by Gasteiger charge is 2.14. The molecule has 0 aliphatic rings. The van der Waals surface area contributed by atoms with Crippen LogP contribution in [0.15, 0.2) is 65.6 Å². The van der Waals surface area contributed by atoms with Gasteiger partial charge >= 0.3 is 0 Å². The molecule has 0 unspecified atom stereocenters. The molecule has 0 spiro atoms. The summed E-state index contributed by atoms with van der Waals surface area (Å²) >= 11 is 1.33. The third-order valence-corrected chi connectivity index (χ3v) is 5.15. The molecule has 28 heavy (non-hydrogen) atoms. The Hall–Kier alpha value is -3.69. The Balaban J connectivity index is 1.60. The molecule has 2 aromatic carbocycles. The van der Waals surface area contributed by atoms with Crippen molar-refractivity contribution in [2.45, 2.75) is 6.92 Å². The largest absolute Gasteiger partial charge is 0.358 e. The molecule has 0 fully saturated rings. The molecule has 6 heteroatoms. The smallest absolute Gasteiger partial charge is 0.268 e. The van der Waals surface area contributed by atoms with Gasteiger partial charge in [0.25, 0.3) is 5.91 Å². The van der Waals surface area contributed by atoms with Gasteiger partial charge in [-0.3, -0.25) is 10.1 Å². The third kappa shape index (κ3) is 3.43. The first kappa shape index (κ1) is 17.7. The van der Waals surface area contributed by atoms with E-state index < -0.39 is 5.91 Å². The summed E-state index contributed by atoms with van der Waals surface area (Å²) in [7, 11) is 0. The molecule has 0 aliphatic heterocycles. The van der Waals surface area contributed by atoms with Crippen LogP contribution in [-0.4, -0.2) is 15.9 Å². The van der Waals surface area contributed by atoms with Crippen molar-refractivity contribution in [3.63, 3.8) is 0 Å². The molecule has 136 valence electrons. The molecule has 5 nitrogen and oxygen atoms in total. The van der Waals surface area contributed by atoms with Crippen LogP contribution in [0, 0.1) is 18.3 Å². The van der Waals surface area contributed by atoms with Gasteiger partial charge in [0.15, 0.2) is 5.13 Å². The van der Waals surface area contributed by atoms with E-state index in [9.17, 15) is 10.1 Å². The fourth-order valence-corrected chi connectivity index (χ4v) is 3.73. The highest BCUT2D eigenvalue weighted by molar-refractivity contribution is 7.14. The van der Waals surface area contributed by atoms with Crippen LogP contribution >= 0.6 is 11.3 Å². The van der Waals surface area contributed by atoms with E-state index >= 15 is 0 Å². The molecule has 2 aromatic heterocycles. The average molecular weight is 384 g/mol. The summed E-state index contributed by atoms with van der Waals surface area (Å²) in [6, 6.07) is 19.5. The number of benzene rings is 2. The summed E-state index contributed by atoms with van der Waals surface area (Å²) in [6.07, 6.45) is 1.62. The molecule has 0 saturated carbocycles. The van der Waals surface area contributed by atoms with E-state index in [0.29, 0.717) is 5.13 Å². The number of nitriles is 1. The highest BCUT2D eigenvalue weighted by Crippen LogP contribution is 2.26. The predicted molar refractivity (Wildman–Crippen MR) is 113 cm³/mol. The standard InChI is InChI=1S/C22H16N4OS/c1-14-18(17-9-5-6-10-19(17)24-14)11-16(12-23)21(27)26-22-25-20(13-28-22)15-7-3-2-4-8-15/h2-11,13,24H,1H3,(H,25,26,27)/b16-11-. The SMILES string of the molecule is Cc1[nH]c2ccccc2c1/C=C(/C#N)C(=O)Nc1nc(-c2ccccc2)cs1. The quantitative estimate of drug-likeness (QED) is 0.377. The number of H-pyrrole nitrogens is 1. The maximum Gasteiger partial charge on any atom is 0.268 e. The van der Waals surface area contributed by atoms with E-state index in [2.05, 4.69) is 15.3 Å². The second-order valence-electron chi connectivity index (χ2n) is 6.24. The number of nitrogens with one attached hydrogen (secondary N) is 2. The van der Waals surface area contributed by atoms with Crippen LogP contribution in [0.25, 0.3) is 28.2 Å². The zero-order valence-corrected chi connectivity index (χ0v) is 15.9. The number of hydrogen-bond donors (Lipinski definition) is 2. The van der Waals surface area contributed by atoms with Gasteiger partial charge in [-0.25, -0.2) is 4.98 Å². The van der Waals surface area contributed by atoms with Crippen LogP contribution in [0.3, 0.4) is 0 Å². The maximum absolute atomic E-state index is 12.6. The molecule has 0 saturated heterocycles. The third-order valence-electron chi connectivity index (χ3n) is 4.39. The molecule has 4 rings (SSSR count). The predicted octanol–water partition coefficient (Wildman–Crippen LogP) is 5.15. The van der Waals surface area contributed by atoms with Crippen molar-refractivity contribution in [2.75, 3.05) is 5.32 Å². The van der Waals surface area contributed by atoms with E-state index in [1.165, 1.54) is 11.3 Å². The minimum Gasteiger partial charge on any atom is -0.358 e. The molecule has 4 aromatic rings. The fourth-order valence-electron chi connectivity index (χ4n) is 3.01. The van der Waals surface area contributed by atoms with Gasteiger partial charge in [-0.15, -0.1) is 11.3 Å². The summed E-state index contributed by atoms with van der Waals surface area (Å²) in [5.74, 6) is -0.471. The van der Waals surface area contributed by atoms with Crippen LogP contribution in [-0.2, 0) is 4.79 Å². The number of aromatic nitrogens is 2. The summed E-state index contributed by atoms with van der Waals surface area (Å²) in [6.45, 7) is 1.92. The van der Waals surface area contributed by atoms with Crippen LogP contribution in [0.1, 0.15) is 11.3 Å². The van der Waals surface area contributed by atoms with E-state index in [1.54, 1.807) is 6.08 Å². The van der Waals surface area contributed by atoms with Gasteiger partial charge in [0.1, 0.15) is 11.6 Å². The number of para-hydroxylation sites is 1. The maximum atomic E-state index is 12.6. The van der Waals surface area contributed by atoms with Gasteiger partial charge < -0.3 is 4.98 Å². The lowest BCUT2D eigenvalue weighted by atomic mass is 10.1. The van der Waals surface area contributed by atoms with E-state index in [0.717, 1.165) is 33.4 Å². The fraction of sp³-hybridized carbons (Fsp3) is 0.0455. The van der Waals surface area contributed by atoms with Gasteiger partial charge in [0.2, 0.25) is 0 Å². The van der Waals surface area contributed by atoms with Crippen molar-refractivity contribution in [1.82, 2.24) is 9.97 Å². The molecular weight excluding hydrogens is 368 g/mol. The summed E-state index contributed by atoms with van der Waals surface area (Å²) in [5, 5.41) is 15.6. The van der Waals surface area contributed by atoms with Crippen LogP contribution < -0.4 is 5.32 Å². The van der Waals surface area contributed by atoms with Crippen molar-refractivity contribution in [3.05, 3.63) is 76.8 Å². The minimum absolute atomic E-state index is 0.0318. The number of aryl methyl sites for hydroxylation is 1. The first-order chi connectivity index (χ1) is 13.7. The summed E-state index contributed by atoms with van der Waals surface area (Å²) in [5.41, 5.74) is 4.51. The molecular formula is C22H16N4OS. The monoisotopic (exact) mass is 384 g/mol. The number of rotatable bonds is 4. The molecule has 0 aliphatic carbocycles. The van der Waals surface area contributed by atoms with Gasteiger partial charge in [0, 0.05) is 33.1 Å². The zero-order valence-electron chi connectivity index (χ0n) is 15.1. The Morgan fingerprint density at radius 2 is 1.93 bits per heavy atom. The molecule has 0 bridgehead atoms. The van der Waals surface area contributed by atoms with Gasteiger partial charge in [-0.1, -0.05) is 48.5 Å². The van der Waals surface area contributed by atoms with Crippen LogP contribution in [0.5, 0.6) is 0 Å². The molecule has 0 radical (unpaired) electrons. The number of carbonyl (C=O) groups excluding carboxylic acids is 1. The van der Waals surface area contributed by atoms with Crippen molar-refractivity contribution < 1.29 is 4.79 Å². The normalized spacial score (nSPS) is 11.4. The van der Waals surface area contributed by atoms with Crippen molar-refractivity contribution in [2.24, 2.45) is 0 Å². The number of fused-ring (bicyclic) bond motifs is 1. The summed E-state index contributed by atoms with van der Waals surface area (Å²) < 4.78 is 0. The lowest BCUT2D eigenvalue weighted by Gasteiger charge is -2.01. The number of aromatic amines is 1. The van der Waals surface area contributed by atoms with Gasteiger partial charge in [-0.05, 0) is 19.1 Å². The Morgan fingerprint density at radius 3 is 2.71 bits per heavy atom. The van der Waals surface area contributed by atoms with Gasteiger partial charge in [-0.2, -0.15) is 5.26 Å². The lowest BCUT2D eigenvalue weighted by Crippen LogP contribution is -2.13. The second-order valence-corrected chi connectivity index (χ2v) is 7.10. The zero-order chi connectivity index (χ0) is 19.5. The number of nitrogens with zero attached hydrogens (tertiary/aromatic N) is 2. The lowest BCUT2D eigenvalue weighted by molar-refractivity contribution is -0.112. The number of carbonyl (C=O) groups is 1. The molecule has 0 atom stereocenters. The van der Waals surface area contributed by atoms with Crippen molar-refractivity contribution in [3.8, 4) is 17.3 Å². The number of anilines is 1. The van der Waals surface area contributed by atoms with Gasteiger partial charge in [0.05, 0.1) is 5.69 Å². The van der Waals surface area contributed by atoms with Crippen molar-refractivity contribution >= 4 is 39.4 Å². The van der Waals surface area contributed by atoms with E-state index in [-0.39, 0.29) is 5.57 Å². The van der Waals surface area contributed by atoms with E-state index in [1.807, 2.05) is 73.0 Å². The average Bonchev–Trinajstić information content (AvgIpc) is 3.30. The first-order valence-corrected chi connectivity index (χ1v) is 9.55. The molecule has 2 heterocycles. The molecule has 1 amide bonds. The van der Waals surface area contributed by atoms with Crippen LogP contribution in [0.2, 0.25) is 0 Å².